The highest BCUT2D eigenvalue weighted by atomic mass is 16.7. The average molecular weight is 308 g/mol. The maximum atomic E-state index is 11.7. The standard InChI is InChI=1S/C18H28O4/c1-5-20-15(4)22-17-10-8-16(9-11-17)13-18(19)21-12-6-7-14(2)3/h8-11,14-15H,5-7,12-13H2,1-4H3. The SMILES string of the molecule is CCOC(C)Oc1ccc(CC(=O)OCCCC(C)C)cc1. The van der Waals surface area contributed by atoms with Crippen LogP contribution in [0.3, 0.4) is 0 Å². The largest absolute Gasteiger partial charge is 0.465 e. The maximum Gasteiger partial charge on any atom is 0.310 e. The van der Waals surface area contributed by atoms with Crippen molar-refractivity contribution in [1.82, 2.24) is 0 Å². The molecule has 0 saturated heterocycles. The molecule has 1 aromatic carbocycles. The molecule has 1 atom stereocenters. The second-order valence-electron chi connectivity index (χ2n) is 5.72. The Hall–Kier alpha value is -1.55. The van der Waals surface area contributed by atoms with Gasteiger partial charge in [0.1, 0.15) is 5.75 Å². The van der Waals surface area contributed by atoms with Crippen molar-refractivity contribution in [2.45, 2.75) is 53.2 Å². The summed E-state index contributed by atoms with van der Waals surface area (Å²) in [4.78, 5) is 11.7. The van der Waals surface area contributed by atoms with Crippen LogP contribution in [0.4, 0.5) is 0 Å². The molecule has 0 aliphatic heterocycles. The fourth-order valence-electron chi connectivity index (χ4n) is 2.04. The lowest BCUT2D eigenvalue weighted by molar-refractivity contribution is -0.143. The van der Waals surface area contributed by atoms with Gasteiger partial charge in [-0.3, -0.25) is 4.79 Å². The number of esters is 1. The molecule has 0 aliphatic rings. The normalized spacial score (nSPS) is 12.2. The fourth-order valence-corrected chi connectivity index (χ4v) is 2.04. The van der Waals surface area contributed by atoms with Gasteiger partial charge in [-0.05, 0) is 50.3 Å². The molecule has 4 nitrogen and oxygen atoms in total. The van der Waals surface area contributed by atoms with E-state index in [4.69, 9.17) is 14.2 Å². The van der Waals surface area contributed by atoms with Crippen LogP contribution in [0.2, 0.25) is 0 Å². The van der Waals surface area contributed by atoms with E-state index < -0.39 is 0 Å². The lowest BCUT2D eigenvalue weighted by Crippen LogP contribution is -2.16. The van der Waals surface area contributed by atoms with Crippen molar-refractivity contribution in [3.05, 3.63) is 29.8 Å². The monoisotopic (exact) mass is 308 g/mol. The molecule has 22 heavy (non-hydrogen) atoms. The summed E-state index contributed by atoms with van der Waals surface area (Å²) >= 11 is 0. The highest BCUT2D eigenvalue weighted by molar-refractivity contribution is 5.72. The molecule has 0 N–H and O–H groups in total. The van der Waals surface area contributed by atoms with E-state index in [1.165, 1.54) is 0 Å². The molecule has 124 valence electrons. The third kappa shape index (κ3) is 8.03. The van der Waals surface area contributed by atoms with Crippen LogP contribution in [0.25, 0.3) is 0 Å². The first kappa shape index (κ1) is 18.5. The smallest absolute Gasteiger partial charge is 0.310 e. The Morgan fingerprint density at radius 1 is 1.14 bits per heavy atom. The first-order valence-electron chi connectivity index (χ1n) is 8.04. The second kappa shape index (κ2) is 10.2. The molecule has 4 heteroatoms. The van der Waals surface area contributed by atoms with E-state index in [1.807, 2.05) is 38.1 Å². The molecule has 1 rings (SSSR count). The molecule has 0 radical (unpaired) electrons. The molecule has 0 aliphatic carbocycles. The lowest BCUT2D eigenvalue weighted by Gasteiger charge is -2.14. The Kier molecular flexibility index (Phi) is 8.60. The molecule has 0 bridgehead atoms. The fraction of sp³-hybridized carbons (Fsp3) is 0.611. The van der Waals surface area contributed by atoms with E-state index in [-0.39, 0.29) is 12.3 Å². The Bertz CT molecular complexity index is 425. The number of rotatable bonds is 10. The van der Waals surface area contributed by atoms with Gasteiger partial charge in [-0.25, -0.2) is 0 Å². The van der Waals surface area contributed by atoms with Gasteiger partial charge >= 0.3 is 5.97 Å². The van der Waals surface area contributed by atoms with Gasteiger partial charge in [0, 0.05) is 6.61 Å². The molecule has 1 unspecified atom stereocenters. The first-order chi connectivity index (χ1) is 10.5. The van der Waals surface area contributed by atoms with Gasteiger partial charge in [-0.2, -0.15) is 0 Å². The molecule has 0 amide bonds. The number of carbonyl (C=O) groups excluding carboxylic acids is 1. The maximum absolute atomic E-state index is 11.7. The van der Waals surface area contributed by atoms with Crippen molar-refractivity contribution >= 4 is 5.97 Å². The summed E-state index contributed by atoms with van der Waals surface area (Å²) in [6, 6.07) is 7.44. The van der Waals surface area contributed by atoms with Crippen molar-refractivity contribution in [1.29, 1.82) is 0 Å². The first-order valence-corrected chi connectivity index (χ1v) is 8.04. The zero-order valence-corrected chi connectivity index (χ0v) is 14.1. The summed E-state index contributed by atoms with van der Waals surface area (Å²) < 4.78 is 16.1. The Morgan fingerprint density at radius 2 is 1.82 bits per heavy atom. The average Bonchev–Trinajstić information content (AvgIpc) is 2.46. The van der Waals surface area contributed by atoms with Gasteiger partial charge in [0.05, 0.1) is 13.0 Å². The molecule has 0 spiro atoms. The van der Waals surface area contributed by atoms with Crippen molar-refractivity contribution in [3.8, 4) is 5.75 Å². The molecular weight excluding hydrogens is 280 g/mol. The van der Waals surface area contributed by atoms with Crippen LogP contribution in [0.5, 0.6) is 5.75 Å². The number of carbonyl (C=O) groups is 1. The lowest BCUT2D eigenvalue weighted by atomic mass is 10.1. The van der Waals surface area contributed by atoms with E-state index in [0.29, 0.717) is 25.6 Å². The molecular formula is C18H28O4. The number of hydrogen-bond acceptors (Lipinski definition) is 4. The van der Waals surface area contributed by atoms with Gasteiger partial charge in [0.15, 0.2) is 6.29 Å². The summed E-state index contributed by atoms with van der Waals surface area (Å²) in [5, 5.41) is 0. The van der Waals surface area contributed by atoms with Crippen LogP contribution in [0.1, 0.15) is 46.1 Å². The quantitative estimate of drug-likeness (QED) is 0.373. The molecule has 1 aromatic rings. The van der Waals surface area contributed by atoms with Gasteiger partial charge in [0.25, 0.3) is 0 Å². The zero-order chi connectivity index (χ0) is 16.4. The van der Waals surface area contributed by atoms with Crippen molar-refractivity contribution in [2.75, 3.05) is 13.2 Å². The zero-order valence-electron chi connectivity index (χ0n) is 14.1. The highest BCUT2D eigenvalue weighted by Crippen LogP contribution is 2.15. The van der Waals surface area contributed by atoms with E-state index >= 15 is 0 Å². The number of ether oxygens (including phenoxy) is 3. The minimum absolute atomic E-state index is 0.180. The number of benzene rings is 1. The van der Waals surface area contributed by atoms with Gasteiger partial charge in [0.2, 0.25) is 0 Å². The summed E-state index contributed by atoms with van der Waals surface area (Å²) in [5.41, 5.74) is 0.922. The predicted molar refractivity (Wildman–Crippen MR) is 86.9 cm³/mol. The number of hydrogen-bond donors (Lipinski definition) is 0. The van der Waals surface area contributed by atoms with Crippen molar-refractivity contribution in [2.24, 2.45) is 5.92 Å². The third-order valence-corrected chi connectivity index (χ3v) is 3.16. The Labute approximate surface area is 133 Å². The van der Waals surface area contributed by atoms with Crippen LogP contribution in [-0.2, 0) is 20.7 Å². The van der Waals surface area contributed by atoms with E-state index in [9.17, 15) is 4.79 Å². The van der Waals surface area contributed by atoms with Crippen molar-refractivity contribution in [3.63, 3.8) is 0 Å². The van der Waals surface area contributed by atoms with Crippen LogP contribution < -0.4 is 4.74 Å². The highest BCUT2D eigenvalue weighted by Gasteiger charge is 2.07. The summed E-state index contributed by atoms with van der Waals surface area (Å²) in [6.07, 6.45) is 2.02. The Morgan fingerprint density at radius 3 is 2.41 bits per heavy atom. The minimum atomic E-state index is -0.276. The molecule has 0 heterocycles. The third-order valence-electron chi connectivity index (χ3n) is 3.16. The summed E-state index contributed by atoms with van der Waals surface area (Å²) in [5.74, 6) is 1.19. The Balaban J connectivity index is 2.32. The molecule has 0 aromatic heterocycles. The summed E-state index contributed by atoms with van der Waals surface area (Å²) in [7, 11) is 0. The predicted octanol–water partition coefficient (Wildman–Crippen LogP) is 3.97. The minimum Gasteiger partial charge on any atom is -0.465 e. The van der Waals surface area contributed by atoms with Crippen LogP contribution >= 0.6 is 0 Å². The van der Waals surface area contributed by atoms with Crippen molar-refractivity contribution < 1.29 is 19.0 Å². The van der Waals surface area contributed by atoms with Crippen LogP contribution in [-0.4, -0.2) is 25.5 Å². The van der Waals surface area contributed by atoms with E-state index in [2.05, 4.69) is 13.8 Å². The topological polar surface area (TPSA) is 44.8 Å². The van der Waals surface area contributed by atoms with E-state index in [1.54, 1.807) is 0 Å². The van der Waals surface area contributed by atoms with Gasteiger partial charge in [-0.1, -0.05) is 26.0 Å². The summed E-state index contributed by atoms with van der Waals surface area (Å²) in [6.45, 7) is 9.23. The van der Waals surface area contributed by atoms with Crippen LogP contribution in [0.15, 0.2) is 24.3 Å². The second-order valence-corrected chi connectivity index (χ2v) is 5.72. The molecule has 0 fully saturated rings. The van der Waals surface area contributed by atoms with Gasteiger partial charge in [-0.15, -0.1) is 0 Å². The van der Waals surface area contributed by atoms with Crippen LogP contribution in [0, 0.1) is 5.92 Å². The molecule has 0 saturated carbocycles. The van der Waals surface area contributed by atoms with E-state index in [0.717, 1.165) is 24.2 Å². The van der Waals surface area contributed by atoms with Gasteiger partial charge < -0.3 is 14.2 Å².